The van der Waals surface area contributed by atoms with Crippen molar-refractivity contribution >= 4 is 17.3 Å². The highest BCUT2D eigenvalue weighted by Gasteiger charge is 2.00. The summed E-state index contributed by atoms with van der Waals surface area (Å²) in [5.41, 5.74) is 11.6. The van der Waals surface area contributed by atoms with E-state index in [2.05, 4.69) is 40.2 Å². The zero-order valence-corrected chi connectivity index (χ0v) is 9.27. The molecule has 13 heavy (non-hydrogen) atoms. The number of hydrogen-bond donors (Lipinski definition) is 2. The first kappa shape index (κ1) is 11.9. The van der Waals surface area contributed by atoms with Gasteiger partial charge in [-0.15, -0.1) is 0 Å². The summed E-state index contributed by atoms with van der Waals surface area (Å²) in [6, 6.07) is 0. The Balaban J connectivity index is 0.000000310. The van der Waals surface area contributed by atoms with E-state index in [9.17, 15) is 0 Å². The Morgan fingerprint density at radius 3 is 1.77 bits per heavy atom. The Morgan fingerprint density at radius 1 is 1.31 bits per heavy atom. The third-order valence-corrected chi connectivity index (χ3v) is 1.84. The van der Waals surface area contributed by atoms with Gasteiger partial charge in [-0.2, -0.15) is 0 Å². The number of rotatable bonds is 0. The number of nitrogens with zero attached hydrogens (tertiary/aromatic N) is 2. The molecule has 1 heterocycles. The second-order valence-corrected chi connectivity index (χ2v) is 3.26. The Kier molecular flexibility index (Phi) is 4.40. The van der Waals surface area contributed by atoms with E-state index in [1.165, 1.54) is 5.69 Å². The zero-order valence-electron chi connectivity index (χ0n) is 8.46. The first-order valence-electron chi connectivity index (χ1n) is 3.87. The predicted octanol–water partition coefficient (Wildman–Crippen LogP) is 0.534. The first-order valence-corrected chi connectivity index (χ1v) is 4.28. The summed E-state index contributed by atoms with van der Waals surface area (Å²) in [5.74, 6) is 1.09. The summed E-state index contributed by atoms with van der Waals surface area (Å²) in [4.78, 5) is 4.27. The van der Waals surface area contributed by atoms with Gasteiger partial charge < -0.3 is 16.0 Å². The maximum Gasteiger partial charge on any atom is 0.160 e. The standard InChI is InChI=1S/C7H12N2.CH4N2S/c1-5-6(2)9(4)7(3)8-5;2-1(3)4/h1-4H3;(H4,2,3,4). The molecule has 0 aliphatic rings. The van der Waals surface area contributed by atoms with Crippen LogP contribution in [0, 0.1) is 20.8 Å². The minimum Gasteiger partial charge on any atom is -0.377 e. The summed E-state index contributed by atoms with van der Waals surface area (Å²) in [6.07, 6.45) is 0. The van der Waals surface area contributed by atoms with Crippen LogP contribution in [0.5, 0.6) is 0 Å². The average Bonchev–Trinajstić information content (AvgIpc) is 2.17. The number of nitrogens with two attached hydrogens (primary N) is 2. The molecule has 0 aliphatic heterocycles. The Morgan fingerprint density at radius 2 is 1.69 bits per heavy atom. The van der Waals surface area contributed by atoms with Crippen LogP contribution >= 0.6 is 12.2 Å². The van der Waals surface area contributed by atoms with Gasteiger partial charge in [0.25, 0.3) is 0 Å². The lowest BCUT2D eigenvalue weighted by atomic mass is 10.4. The lowest BCUT2D eigenvalue weighted by Crippen LogP contribution is -2.18. The highest BCUT2D eigenvalue weighted by molar-refractivity contribution is 7.80. The van der Waals surface area contributed by atoms with Gasteiger partial charge in [-0.05, 0) is 33.0 Å². The van der Waals surface area contributed by atoms with Crippen molar-refractivity contribution in [3.8, 4) is 0 Å². The fourth-order valence-corrected chi connectivity index (χ4v) is 0.884. The molecule has 0 aliphatic carbocycles. The Labute approximate surface area is 83.9 Å². The highest BCUT2D eigenvalue weighted by atomic mass is 32.1. The summed E-state index contributed by atoms with van der Waals surface area (Å²) in [6.45, 7) is 6.12. The van der Waals surface area contributed by atoms with Crippen molar-refractivity contribution in [2.75, 3.05) is 0 Å². The molecular formula is C8H16N4S. The third-order valence-electron chi connectivity index (χ3n) is 1.84. The second kappa shape index (κ2) is 4.81. The normalized spacial score (nSPS) is 8.92. The van der Waals surface area contributed by atoms with E-state index in [-0.39, 0.29) is 5.11 Å². The molecule has 0 atom stereocenters. The summed E-state index contributed by atoms with van der Waals surface area (Å²) >= 11 is 4.09. The van der Waals surface area contributed by atoms with Gasteiger partial charge in [-0.25, -0.2) is 4.98 Å². The minimum absolute atomic E-state index is 0.000000000000000222. The molecule has 0 aromatic carbocycles. The van der Waals surface area contributed by atoms with Crippen molar-refractivity contribution in [1.29, 1.82) is 0 Å². The molecule has 0 saturated carbocycles. The largest absolute Gasteiger partial charge is 0.377 e. The Bertz CT molecular complexity index is 277. The van der Waals surface area contributed by atoms with E-state index < -0.39 is 0 Å². The predicted molar refractivity (Wildman–Crippen MR) is 58.4 cm³/mol. The fraction of sp³-hybridized carbons (Fsp3) is 0.500. The van der Waals surface area contributed by atoms with Gasteiger partial charge in [0.1, 0.15) is 5.82 Å². The quantitative estimate of drug-likeness (QED) is 0.599. The maximum atomic E-state index is 4.62. The maximum absolute atomic E-state index is 4.62. The van der Waals surface area contributed by atoms with Crippen molar-refractivity contribution in [2.45, 2.75) is 20.8 Å². The molecule has 0 bridgehead atoms. The van der Waals surface area contributed by atoms with E-state index in [0.717, 1.165) is 11.5 Å². The van der Waals surface area contributed by atoms with Gasteiger partial charge in [-0.1, -0.05) is 0 Å². The fourth-order valence-electron chi connectivity index (χ4n) is 0.884. The van der Waals surface area contributed by atoms with E-state index in [0.29, 0.717) is 0 Å². The number of hydrogen-bond acceptors (Lipinski definition) is 2. The molecule has 1 rings (SSSR count). The monoisotopic (exact) mass is 200 g/mol. The van der Waals surface area contributed by atoms with Crippen molar-refractivity contribution in [3.63, 3.8) is 0 Å². The molecule has 74 valence electrons. The van der Waals surface area contributed by atoms with Crippen LogP contribution in [0.3, 0.4) is 0 Å². The molecule has 0 spiro atoms. The SMILES string of the molecule is Cc1nc(C)n(C)c1C.NC(N)=S. The van der Waals surface area contributed by atoms with Gasteiger partial charge >= 0.3 is 0 Å². The van der Waals surface area contributed by atoms with Crippen molar-refractivity contribution in [1.82, 2.24) is 9.55 Å². The van der Waals surface area contributed by atoms with Crippen molar-refractivity contribution < 1.29 is 0 Å². The van der Waals surface area contributed by atoms with E-state index in [4.69, 9.17) is 0 Å². The van der Waals surface area contributed by atoms with Gasteiger partial charge in [0.15, 0.2) is 5.11 Å². The zero-order chi connectivity index (χ0) is 10.6. The van der Waals surface area contributed by atoms with Gasteiger partial charge in [0, 0.05) is 12.7 Å². The van der Waals surface area contributed by atoms with Crippen LogP contribution in [0.2, 0.25) is 0 Å². The van der Waals surface area contributed by atoms with Gasteiger partial charge in [0.05, 0.1) is 5.69 Å². The molecule has 4 nitrogen and oxygen atoms in total. The molecule has 5 heteroatoms. The Hall–Kier alpha value is -1.10. The van der Waals surface area contributed by atoms with E-state index in [1.54, 1.807) is 0 Å². The number of aryl methyl sites for hydroxylation is 2. The molecule has 4 N–H and O–H groups in total. The van der Waals surface area contributed by atoms with Crippen molar-refractivity contribution in [3.05, 3.63) is 17.2 Å². The van der Waals surface area contributed by atoms with Crippen LogP contribution < -0.4 is 11.5 Å². The minimum atomic E-state index is 0.000000000000000222. The summed E-state index contributed by atoms with van der Waals surface area (Å²) in [5, 5.41) is 0.000000000000000222. The van der Waals surface area contributed by atoms with Crippen LogP contribution in [-0.4, -0.2) is 14.7 Å². The van der Waals surface area contributed by atoms with Crippen molar-refractivity contribution in [2.24, 2.45) is 18.5 Å². The van der Waals surface area contributed by atoms with Crippen LogP contribution in [0.1, 0.15) is 17.2 Å². The second-order valence-electron chi connectivity index (χ2n) is 2.79. The van der Waals surface area contributed by atoms with Gasteiger partial charge in [0.2, 0.25) is 0 Å². The topological polar surface area (TPSA) is 69.9 Å². The highest BCUT2D eigenvalue weighted by Crippen LogP contribution is 2.05. The third kappa shape index (κ3) is 3.89. The molecule has 0 fully saturated rings. The van der Waals surface area contributed by atoms with Crippen LogP contribution in [0.25, 0.3) is 0 Å². The number of thiocarbonyl (C=S) groups is 1. The lowest BCUT2D eigenvalue weighted by Gasteiger charge is -1.94. The van der Waals surface area contributed by atoms with Crippen LogP contribution in [0.4, 0.5) is 0 Å². The smallest absolute Gasteiger partial charge is 0.160 e. The average molecular weight is 200 g/mol. The summed E-state index contributed by atoms with van der Waals surface area (Å²) < 4.78 is 2.09. The lowest BCUT2D eigenvalue weighted by molar-refractivity contribution is 0.827. The van der Waals surface area contributed by atoms with E-state index in [1.807, 2.05) is 20.9 Å². The first-order chi connectivity index (χ1) is 5.86. The van der Waals surface area contributed by atoms with Crippen LogP contribution in [0.15, 0.2) is 0 Å². The molecule has 1 aromatic heterocycles. The number of imidazole rings is 1. The van der Waals surface area contributed by atoms with Gasteiger partial charge in [-0.3, -0.25) is 0 Å². The molecule has 1 aromatic rings. The molecule has 0 saturated heterocycles. The number of aromatic nitrogens is 2. The molecule has 0 amide bonds. The molecular weight excluding hydrogens is 184 g/mol. The molecule has 0 radical (unpaired) electrons. The molecule has 0 unspecified atom stereocenters. The van der Waals surface area contributed by atoms with E-state index >= 15 is 0 Å². The summed E-state index contributed by atoms with van der Waals surface area (Å²) in [7, 11) is 2.03. The van der Waals surface area contributed by atoms with Crippen LogP contribution in [-0.2, 0) is 7.05 Å².